The van der Waals surface area contributed by atoms with Crippen molar-refractivity contribution >= 4 is 0 Å². The fraction of sp³-hybridized carbons (Fsp3) is 0.267. The van der Waals surface area contributed by atoms with Crippen molar-refractivity contribution in [1.29, 1.82) is 5.26 Å². The molecule has 0 amide bonds. The minimum absolute atomic E-state index is 0.265. The molecule has 0 saturated carbocycles. The molecule has 0 saturated heterocycles. The molecule has 5 nitrogen and oxygen atoms in total. The summed E-state index contributed by atoms with van der Waals surface area (Å²) >= 11 is 0. The molecule has 0 aliphatic heterocycles. The van der Waals surface area contributed by atoms with Crippen LogP contribution in [0.25, 0.3) is 11.3 Å². The van der Waals surface area contributed by atoms with Gasteiger partial charge in [-0.1, -0.05) is 0 Å². The van der Waals surface area contributed by atoms with Gasteiger partial charge in [0.1, 0.15) is 17.5 Å². The monoisotopic (exact) mass is 269 g/mol. The molecule has 0 bridgehead atoms. The Bertz CT molecular complexity index is 770. The molecule has 1 heterocycles. The Morgan fingerprint density at radius 1 is 1.25 bits per heavy atom. The number of H-pyrrole nitrogens is 1. The van der Waals surface area contributed by atoms with Crippen molar-refractivity contribution in [2.45, 2.75) is 20.8 Å². The van der Waals surface area contributed by atoms with Crippen LogP contribution >= 0.6 is 0 Å². The molecule has 1 N–H and O–H groups in total. The van der Waals surface area contributed by atoms with E-state index in [9.17, 15) is 4.79 Å². The molecule has 0 unspecified atom stereocenters. The van der Waals surface area contributed by atoms with Crippen molar-refractivity contribution in [1.82, 2.24) is 10.2 Å². The van der Waals surface area contributed by atoms with Crippen molar-refractivity contribution in [3.05, 3.63) is 44.7 Å². The minimum Gasteiger partial charge on any atom is -0.496 e. The predicted molar refractivity (Wildman–Crippen MR) is 75.8 cm³/mol. The summed E-state index contributed by atoms with van der Waals surface area (Å²) in [7, 11) is 1.63. The van der Waals surface area contributed by atoms with Crippen molar-refractivity contribution in [3.63, 3.8) is 0 Å². The summed E-state index contributed by atoms with van der Waals surface area (Å²) in [6, 6.07) is 5.20. The molecule has 0 atom stereocenters. The molecule has 0 radical (unpaired) electrons. The molecule has 102 valence electrons. The highest BCUT2D eigenvalue weighted by Crippen LogP contribution is 2.34. The number of aromatic amines is 1. The number of ether oxygens (including phenoxy) is 1. The summed E-state index contributed by atoms with van der Waals surface area (Å²) in [5.74, 6) is 0.828. The molecule has 0 aliphatic rings. The van der Waals surface area contributed by atoms with Gasteiger partial charge >= 0.3 is 0 Å². The molecule has 2 aromatic rings. The molecule has 2 rings (SSSR count). The zero-order valence-electron chi connectivity index (χ0n) is 11.9. The van der Waals surface area contributed by atoms with E-state index in [1.165, 1.54) is 6.07 Å². The molecule has 0 aliphatic carbocycles. The standard InChI is InChI=1S/C15H15N3O2/c1-8-5-12(9(2)10(3)15(8)20-4)14-11(7-16)6-13(19)17-18-14/h5-6H,1-4H3,(H,17,19). The fourth-order valence-corrected chi connectivity index (χ4v) is 2.31. The van der Waals surface area contributed by atoms with E-state index in [1.807, 2.05) is 32.9 Å². The second-order valence-corrected chi connectivity index (χ2v) is 4.63. The Balaban J connectivity index is 2.78. The molecule has 5 heteroatoms. The number of aromatic nitrogens is 2. The van der Waals surface area contributed by atoms with Gasteiger partial charge in [0, 0.05) is 11.6 Å². The van der Waals surface area contributed by atoms with Crippen LogP contribution in [-0.2, 0) is 0 Å². The first-order valence-electron chi connectivity index (χ1n) is 6.14. The third kappa shape index (κ3) is 2.16. The Hall–Kier alpha value is -2.61. The van der Waals surface area contributed by atoms with E-state index < -0.39 is 0 Å². The van der Waals surface area contributed by atoms with E-state index in [0.717, 1.165) is 28.0 Å². The van der Waals surface area contributed by atoms with Crippen molar-refractivity contribution < 1.29 is 4.74 Å². The quantitative estimate of drug-likeness (QED) is 0.906. The highest BCUT2D eigenvalue weighted by Gasteiger charge is 2.16. The molecule has 0 fully saturated rings. The van der Waals surface area contributed by atoms with Gasteiger partial charge in [-0.2, -0.15) is 10.4 Å². The summed E-state index contributed by atoms with van der Waals surface area (Å²) in [5.41, 5.74) is 4.13. The molecular formula is C15H15N3O2. The van der Waals surface area contributed by atoms with Crippen LogP contribution in [-0.4, -0.2) is 17.3 Å². The minimum atomic E-state index is -0.384. The summed E-state index contributed by atoms with van der Waals surface area (Å²) in [6.45, 7) is 5.84. The lowest BCUT2D eigenvalue weighted by atomic mass is 9.95. The lowest BCUT2D eigenvalue weighted by Gasteiger charge is -2.15. The highest BCUT2D eigenvalue weighted by atomic mass is 16.5. The van der Waals surface area contributed by atoms with Gasteiger partial charge in [0.05, 0.1) is 12.7 Å². The van der Waals surface area contributed by atoms with Crippen LogP contribution in [0, 0.1) is 32.1 Å². The molecule has 1 aromatic carbocycles. The Kier molecular flexibility index (Phi) is 3.57. The number of nitrogens with one attached hydrogen (secondary N) is 1. The van der Waals surface area contributed by atoms with Gasteiger partial charge in [0.15, 0.2) is 0 Å². The average Bonchev–Trinajstić information content (AvgIpc) is 2.43. The second kappa shape index (κ2) is 5.17. The van der Waals surface area contributed by atoms with Crippen molar-refractivity contribution in [2.24, 2.45) is 0 Å². The Morgan fingerprint density at radius 3 is 2.55 bits per heavy atom. The maximum Gasteiger partial charge on any atom is 0.265 e. The maximum absolute atomic E-state index is 11.3. The molecular weight excluding hydrogens is 254 g/mol. The number of rotatable bonds is 2. The van der Waals surface area contributed by atoms with Gasteiger partial charge in [-0.05, 0) is 43.5 Å². The summed E-state index contributed by atoms with van der Waals surface area (Å²) in [5, 5.41) is 15.6. The number of nitriles is 1. The number of nitrogens with zero attached hydrogens (tertiary/aromatic N) is 2. The third-order valence-electron chi connectivity index (χ3n) is 3.41. The Morgan fingerprint density at radius 2 is 1.95 bits per heavy atom. The largest absolute Gasteiger partial charge is 0.496 e. The van der Waals surface area contributed by atoms with Gasteiger partial charge in [0.2, 0.25) is 0 Å². The fourth-order valence-electron chi connectivity index (χ4n) is 2.31. The van der Waals surface area contributed by atoms with Crippen molar-refractivity contribution in [3.8, 4) is 23.1 Å². The average molecular weight is 269 g/mol. The predicted octanol–water partition coefficient (Wildman–Crippen LogP) is 2.24. The van der Waals surface area contributed by atoms with E-state index in [4.69, 9.17) is 10.00 Å². The smallest absolute Gasteiger partial charge is 0.265 e. The summed E-state index contributed by atoms with van der Waals surface area (Å²) in [4.78, 5) is 11.3. The number of hydrogen-bond acceptors (Lipinski definition) is 4. The van der Waals surface area contributed by atoms with Crippen molar-refractivity contribution in [2.75, 3.05) is 7.11 Å². The molecule has 20 heavy (non-hydrogen) atoms. The zero-order chi connectivity index (χ0) is 14.9. The number of benzene rings is 1. The third-order valence-corrected chi connectivity index (χ3v) is 3.41. The van der Waals surface area contributed by atoms with E-state index in [-0.39, 0.29) is 11.1 Å². The number of methoxy groups -OCH3 is 1. The SMILES string of the molecule is COc1c(C)cc(-c2n[nH]c(=O)cc2C#N)c(C)c1C. The van der Waals surface area contributed by atoms with Crippen LogP contribution in [0.1, 0.15) is 22.3 Å². The second-order valence-electron chi connectivity index (χ2n) is 4.63. The van der Waals surface area contributed by atoms with Crippen LogP contribution in [0.4, 0.5) is 0 Å². The van der Waals surface area contributed by atoms with Gasteiger partial charge in [-0.15, -0.1) is 0 Å². The van der Waals surface area contributed by atoms with Crippen LogP contribution in [0.15, 0.2) is 16.9 Å². The van der Waals surface area contributed by atoms with Crippen LogP contribution in [0.3, 0.4) is 0 Å². The lowest BCUT2D eigenvalue weighted by molar-refractivity contribution is 0.408. The van der Waals surface area contributed by atoms with E-state index in [1.54, 1.807) is 7.11 Å². The van der Waals surface area contributed by atoms with Gasteiger partial charge in [-0.3, -0.25) is 4.79 Å². The normalized spacial score (nSPS) is 10.2. The van der Waals surface area contributed by atoms with Crippen LogP contribution < -0.4 is 10.3 Å². The summed E-state index contributed by atoms with van der Waals surface area (Å²) in [6.07, 6.45) is 0. The highest BCUT2D eigenvalue weighted by molar-refractivity contribution is 5.72. The van der Waals surface area contributed by atoms with E-state index >= 15 is 0 Å². The first-order chi connectivity index (χ1) is 9.49. The Labute approximate surface area is 116 Å². The van der Waals surface area contributed by atoms with Crippen LogP contribution in [0.2, 0.25) is 0 Å². The van der Waals surface area contributed by atoms with Crippen LogP contribution in [0.5, 0.6) is 5.75 Å². The zero-order valence-corrected chi connectivity index (χ0v) is 11.9. The maximum atomic E-state index is 11.3. The lowest BCUT2D eigenvalue weighted by Crippen LogP contribution is -2.09. The molecule has 1 aromatic heterocycles. The summed E-state index contributed by atoms with van der Waals surface area (Å²) < 4.78 is 5.38. The topological polar surface area (TPSA) is 78.8 Å². The van der Waals surface area contributed by atoms with E-state index in [2.05, 4.69) is 10.2 Å². The van der Waals surface area contributed by atoms with Gasteiger partial charge < -0.3 is 4.74 Å². The molecule has 0 spiro atoms. The first-order valence-corrected chi connectivity index (χ1v) is 6.14. The number of hydrogen-bond donors (Lipinski definition) is 1. The van der Waals surface area contributed by atoms with Gasteiger partial charge in [-0.25, -0.2) is 5.10 Å². The first kappa shape index (κ1) is 13.8. The van der Waals surface area contributed by atoms with Gasteiger partial charge in [0.25, 0.3) is 5.56 Å². The van der Waals surface area contributed by atoms with E-state index in [0.29, 0.717) is 5.69 Å². The number of aryl methyl sites for hydroxylation is 1.